The Bertz CT molecular complexity index is 541. The van der Waals surface area contributed by atoms with Crippen molar-refractivity contribution in [2.75, 3.05) is 5.32 Å². The van der Waals surface area contributed by atoms with Gasteiger partial charge < -0.3 is 11.1 Å². The molecule has 94 valence electrons. The lowest BCUT2D eigenvalue weighted by Crippen LogP contribution is -2.45. The van der Waals surface area contributed by atoms with Crippen molar-refractivity contribution >= 4 is 22.9 Å². The highest BCUT2D eigenvalue weighted by molar-refractivity contribution is 7.13. The molecular weight excluding hydrogens is 244 g/mol. The molecule has 0 spiro atoms. The maximum atomic E-state index is 11.9. The summed E-state index contributed by atoms with van der Waals surface area (Å²) in [5, 5.41) is 4.90. The molecule has 4 heteroatoms. The van der Waals surface area contributed by atoms with Gasteiger partial charge >= 0.3 is 0 Å². The average molecular weight is 260 g/mol. The third-order valence-electron chi connectivity index (χ3n) is 2.55. The maximum absolute atomic E-state index is 11.9. The first-order chi connectivity index (χ1) is 8.48. The highest BCUT2D eigenvalue weighted by Gasteiger charge is 2.22. The summed E-state index contributed by atoms with van der Waals surface area (Å²) in [6.45, 7) is 3.38. The Balaban J connectivity index is 2.32. The molecule has 3 nitrogen and oxygen atoms in total. The van der Waals surface area contributed by atoms with Gasteiger partial charge in [-0.1, -0.05) is 24.3 Å². The SMILES string of the molecule is CC(C)(N)C(=O)Nc1ccccc1-c1cccs1. The maximum Gasteiger partial charge on any atom is 0.243 e. The third-order valence-corrected chi connectivity index (χ3v) is 3.45. The van der Waals surface area contributed by atoms with Gasteiger partial charge in [-0.25, -0.2) is 0 Å². The van der Waals surface area contributed by atoms with E-state index in [2.05, 4.69) is 5.32 Å². The summed E-state index contributed by atoms with van der Waals surface area (Å²) < 4.78 is 0. The Morgan fingerprint density at radius 3 is 2.56 bits per heavy atom. The molecule has 0 bridgehead atoms. The van der Waals surface area contributed by atoms with Crippen LogP contribution in [0.15, 0.2) is 41.8 Å². The normalized spacial score (nSPS) is 11.3. The molecule has 0 unspecified atom stereocenters. The Hall–Kier alpha value is -1.65. The lowest BCUT2D eigenvalue weighted by molar-refractivity contribution is -0.120. The van der Waals surface area contributed by atoms with Gasteiger partial charge in [0.05, 0.1) is 5.54 Å². The number of benzene rings is 1. The fraction of sp³-hybridized carbons (Fsp3) is 0.214. The molecule has 0 fully saturated rings. The highest BCUT2D eigenvalue weighted by Crippen LogP contribution is 2.31. The third kappa shape index (κ3) is 2.78. The van der Waals surface area contributed by atoms with Gasteiger partial charge in [-0.2, -0.15) is 0 Å². The van der Waals surface area contributed by atoms with Crippen LogP contribution in [0, 0.1) is 0 Å². The van der Waals surface area contributed by atoms with E-state index < -0.39 is 5.54 Å². The van der Waals surface area contributed by atoms with Crippen LogP contribution in [-0.4, -0.2) is 11.4 Å². The van der Waals surface area contributed by atoms with Gasteiger partial charge in [0.1, 0.15) is 0 Å². The van der Waals surface area contributed by atoms with E-state index in [1.165, 1.54) is 0 Å². The van der Waals surface area contributed by atoms with E-state index in [0.717, 1.165) is 16.1 Å². The number of thiophene rings is 1. The van der Waals surface area contributed by atoms with Crippen molar-refractivity contribution in [2.24, 2.45) is 5.73 Å². The molecule has 0 atom stereocenters. The number of carbonyl (C=O) groups excluding carboxylic acids is 1. The lowest BCUT2D eigenvalue weighted by Gasteiger charge is -2.19. The zero-order valence-corrected chi connectivity index (χ0v) is 11.3. The van der Waals surface area contributed by atoms with Gasteiger partial charge in [0, 0.05) is 16.1 Å². The molecule has 0 aliphatic heterocycles. The molecule has 3 N–H and O–H groups in total. The molecule has 2 aromatic rings. The summed E-state index contributed by atoms with van der Waals surface area (Å²) in [4.78, 5) is 13.0. The molecule has 0 saturated carbocycles. The molecule has 0 radical (unpaired) electrons. The number of hydrogen-bond donors (Lipinski definition) is 2. The van der Waals surface area contributed by atoms with Crippen molar-refractivity contribution in [1.82, 2.24) is 0 Å². The van der Waals surface area contributed by atoms with E-state index in [-0.39, 0.29) is 5.91 Å². The zero-order valence-electron chi connectivity index (χ0n) is 10.4. The minimum Gasteiger partial charge on any atom is -0.324 e. The summed E-state index contributed by atoms with van der Waals surface area (Å²) in [7, 11) is 0. The van der Waals surface area contributed by atoms with Gasteiger partial charge in [-0.3, -0.25) is 4.79 Å². The van der Waals surface area contributed by atoms with Crippen LogP contribution < -0.4 is 11.1 Å². The van der Waals surface area contributed by atoms with Crippen LogP contribution in [0.3, 0.4) is 0 Å². The van der Waals surface area contributed by atoms with E-state index in [1.807, 2.05) is 41.8 Å². The lowest BCUT2D eigenvalue weighted by atomic mass is 10.1. The van der Waals surface area contributed by atoms with Crippen molar-refractivity contribution in [3.8, 4) is 10.4 Å². The van der Waals surface area contributed by atoms with Crippen LogP contribution in [-0.2, 0) is 4.79 Å². The van der Waals surface area contributed by atoms with Crippen molar-refractivity contribution in [3.05, 3.63) is 41.8 Å². The van der Waals surface area contributed by atoms with Crippen LogP contribution in [0.2, 0.25) is 0 Å². The van der Waals surface area contributed by atoms with Crippen LogP contribution in [0.5, 0.6) is 0 Å². The number of anilines is 1. The van der Waals surface area contributed by atoms with Crippen molar-refractivity contribution in [2.45, 2.75) is 19.4 Å². The second-order valence-electron chi connectivity index (χ2n) is 4.70. The van der Waals surface area contributed by atoms with Crippen molar-refractivity contribution in [1.29, 1.82) is 0 Å². The van der Waals surface area contributed by atoms with E-state index >= 15 is 0 Å². The first-order valence-corrected chi connectivity index (χ1v) is 6.59. The molecule has 18 heavy (non-hydrogen) atoms. The first kappa shape index (κ1) is 12.8. The fourth-order valence-electron chi connectivity index (χ4n) is 1.52. The van der Waals surface area contributed by atoms with E-state index in [4.69, 9.17) is 5.73 Å². The fourth-order valence-corrected chi connectivity index (χ4v) is 2.29. The number of carbonyl (C=O) groups is 1. The predicted molar refractivity (Wildman–Crippen MR) is 76.7 cm³/mol. The predicted octanol–water partition coefficient (Wildman–Crippen LogP) is 3.09. The topological polar surface area (TPSA) is 55.1 Å². The largest absolute Gasteiger partial charge is 0.324 e. The number of hydrogen-bond acceptors (Lipinski definition) is 3. The Labute approximate surface area is 111 Å². The Morgan fingerprint density at radius 1 is 1.22 bits per heavy atom. The highest BCUT2D eigenvalue weighted by atomic mass is 32.1. The molecule has 0 aliphatic rings. The quantitative estimate of drug-likeness (QED) is 0.891. The summed E-state index contributed by atoms with van der Waals surface area (Å²) in [6, 6.07) is 11.8. The molecule has 1 heterocycles. The molecule has 1 aromatic heterocycles. The second-order valence-corrected chi connectivity index (χ2v) is 5.65. The van der Waals surface area contributed by atoms with Crippen LogP contribution >= 0.6 is 11.3 Å². The standard InChI is InChI=1S/C14H16N2OS/c1-14(2,15)13(17)16-11-7-4-3-6-10(11)12-8-5-9-18-12/h3-9H,15H2,1-2H3,(H,16,17). The molecule has 1 aromatic carbocycles. The zero-order chi connectivity index (χ0) is 13.2. The second kappa shape index (κ2) is 4.92. The molecule has 0 aliphatic carbocycles. The summed E-state index contributed by atoms with van der Waals surface area (Å²) in [6.07, 6.45) is 0. The van der Waals surface area contributed by atoms with Crippen molar-refractivity contribution in [3.63, 3.8) is 0 Å². The van der Waals surface area contributed by atoms with E-state index in [0.29, 0.717) is 0 Å². The summed E-state index contributed by atoms with van der Waals surface area (Å²) >= 11 is 1.64. The molecular formula is C14H16N2OS. The molecule has 0 saturated heterocycles. The van der Waals surface area contributed by atoms with Gasteiger partial charge in [0.15, 0.2) is 0 Å². The number of rotatable bonds is 3. The van der Waals surface area contributed by atoms with Crippen LogP contribution in [0.1, 0.15) is 13.8 Å². The van der Waals surface area contributed by atoms with Crippen molar-refractivity contribution < 1.29 is 4.79 Å². The first-order valence-electron chi connectivity index (χ1n) is 5.72. The van der Waals surface area contributed by atoms with Gasteiger partial charge in [0.25, 0.3) is 0 Å². The monoisotopic (exact) mass is 260 g/mol. The number of amides is 1. The van der Waals surface area contributed by atoms with Crippen LogP contribution in [0.4, 0.5) is 5.69 Å². The minimum absolute atomic E-state index is 0.188. The molecule has 1 amide bonds. The summed E-state index contributed by atoms with van der Waals surface area (Å²) in [5.74, 6) is -0.188. The van der Waals surface area contributed by atoms with E-state index in [9.17, 15) is 4.79 Å². The number of nitrogens with one attached hydrogen (secondary N) is 1. The smallest absolute Gasteiger partial charge is 0.243 e. The minimum atomic E-state index is -0.886. The van der Waals surface area contributed by atoms with Crippen LogP contribution in [0.25, 0.3) is 10.4 Å². The number of nitrogens with two attached hydrogens (primary N) is 1. The number of para-hydroxylation sites is 1. The Kier molecular flexibility index (Phi) is 3.50. The summed E-state index contributed by atoms with van der Waals surface area (Å²) in [5.41, 5.74) is 6.71. The molecule has 2 rings (SSSR count). The van der Waals surface area contributed by atoms with E-state index in [1.54, 1.807) is 25.2 Å². The van der Waals surface area contributed by atoms with Gasteiger partial charge in [0.2, 0.25) is 5.91 Å². The Morgan fingerprint density at radius 2 is 1.94 bits per heavy atom. The van der Waals surface area contributed by atoms with Gasteiger partial charge in [-0.05, 0) is 31.4 Å². The van der Waals surface area contributed by atoms with Gasteiger partial charge in [-0.15, -0.1) is 11.3 Å². The average Bonchev–Trinajstić information content (AvgIpc) is 2.82.